The molecule has 1 nitrogen and oxygen atoms in total. The molecule has 30 heavy (non-hydrogen) atoms. The molecule has 0 atom stereocenters. The molecule has 0 aliphatic heterocycles. The van der Waals surface area contributed by atoms with Gasteiger partial charge in [-0.15, -0.1) is 0 Å². The first kappa shape index (κ1) is 32.4. The van der Waals surface area contributed by atoms with E-state index in [0.717, 1.165) is 0 Å². The van der Waals surface area contributed by atoms with Crippen molar-refractivity contribution in [2.45, 2.75) is 156 Å². The van der Waals surface area contributed by atoms with Gasteiger partial charge in [-0.3, -0.25) is 0 Å². The Morgan fingerprint density at radius 3 is 0.833 bits per heavy atom. The van der Waals surface area contributed by atoms with Crippen LogP contribution in [0.5, 0.6) is 0 Å². The van der Waals surface area contributed by atoms with E-state index in [1.165, 1.54) is 159 Å². The number of rotatable bonds is 24. The lowest BCUT2D eigenvalue weighted by Gasteiger charge is -2.39. The molecule has 0 aliphatic rings. The molecule has 0 aromatic carbocycles. The Labute approximate surface area is 199 Å². The lowest BCUT2D eigenvalue weighted by atomic mass is 10.0. The summed E-state index contributed by atoms with van der Waals surface area (Å²) in [5.41, 5.74) is 0. The quantitative estimate of drug-likeness (QED) is 0.115. The fraction of sp³-hybridized carbons (Fsp3) is 1.00. The van der Waals surface area contributed by atoms with Crippen LogP contribution in [0.4, 0.5) is 0 Å². The third-order valence-electron chi connectivity index (χ3n) is 6.94. The smallest absolute Gasteiger partial charge is 0.0786 e. The largest absolute Gasteiger partial charge is 1.00 e. The van der Waals surface area contributed by atoms with E-state index in [-0.39, 0.29) is 12.4 Å². The Morgan fingerprint density at radius 2 is 0.533 bits per heavy atom. The van der Waals surface area contributed by atoms with Crippen LogP contribution in [-0.2, 0) is 0 Å². The van der Waals surface area contributed by atoms with E-state index in [0.29, 0.717) is 0 Å². The van der Waals surface area contributed by atoms with Gasteiger partial charge in [0.1, 0.15) is 0 Å². The van der Waals surface area contributed by atoms with Crippen LogP contribution >= 0.6 is 0 Å². The summed E-state index contributed by atoms with van der Waals surface area (Å²) in [6.07, 6.45) is 28.9. The molecule has 0 amide bonds. The van der Waals surface area contributed by atoms with Crippen LogP contribution in [0.3, 0.4) is 0 Å². The first-order chi connectivity index (χ1) is 14.2. The third-order valence-corrected chi connectivity index (χ3v) is 6.94. The van der Waals surface area contributed by atoms with Crippen molar-refractivity contribution in [1.82, 2.24) is 0 Å². The van der Waals surface area contributed by atoms with Gasteiger partial charge in [-0.25, -0.2) is 0 Å². The second-order valence-corrected chi connectivity index (χ2v) is 9.89. The molecule has 0 N–H and O–H groups in total. The van der Waals surface area contributed by atoms with Crippen molar-refractivity contribution in [2.24, 2.45) is 0 Å². The van der Waals surface area contributed by atoms with Crippen LogP contribution in [0.15, 0.2) is 0 Å². The zero-order chi connectivity index (χ0) is 21.5. The summed E-state index contributed by atoms with van der Waals surface area (Å²) in [6.45, 7) is 15.2. The lowest BCUT2D eigenvalue weighted by molar-refractivity contribution is -0.929. The average Bonchev–Trinajstić information content (AvgIpc) is 2.74. The van der Waals surface area contributed by atoms with Gasteiger partial charge in [0.15, 0.2) is 0 Å². The molecule has 0 aromatic rings. The summed E-state index contributed by atoms with van der Waals surface area (Å²) in [7, 11) is 0. The van der Waals surface area contributed by atoms with Crippen LogP contribution in [0.25, 0.3) is 0 Å². The summed E-state index contributed by atoms with van der Waals surface area (Å²) in [4.78, 5) is 0. The van der Waals surface area contributed by atoms with E-state index in [2.05, 4.69) is 27.7 Å². The number of nitrogens with zero attached hydrogens (tertiary/aromatic N) is 1. The highest BCUT2D eigenvalue weighted by Crippen LogP contribution is 2.18. The van der Waals surface area contributed by atoms with Crippen LogP contribution < -0.4 is 12.4 Å². The van der Waals surface area contributed by atoms with Gasteiger partial charge in [0.05, 0.1) is 26.2 Å². The van der Waals surface area contributed by atoms with Gasteiger partial charge in [0.2, 0.25) is 0 Å². The summed E-state index contributed by atoms with van der Waals surface area (Å²) >= 11 is 0. The van der Waals surface area contributed by atoms with E-state index >= 15 is 0 Å². The highest BCUT2D eigenvalue weighted by Gasteiger charge is 2.24. The molecule has 184 valence electrons. The monoisotopic (exact) mass is 445 g/mol. The predicted molar refractivity (Wildman–Crippen MR) is 135 cm³/mol. The Balaban J connectivity index is 0. The molecule has 0 aliphatic carbocycles. The summed E-state index contributed by atoms with van der Waals surface area (Å²) < 4.78 is 1.44. The minimum Gasteiger partial charge on any atom is -1.00 e. The van der Waals surface area contributed by atoms with Crippen molar-refractivity contribution in [1.29, 1.82) is 0 Å². The van der Waals surface area contributed by atoms with E-state index in [1.54, 1.807) is 0 Å². The zero-order valence-electron chi connectivity index (χ0n) is 21.8. The molecule has 0 aromatic heterocycles. The number of quaternary nitrogens is 1. The van der Waals surface area contributed by atoms with Gasteiger partial charge in [-0.1, -0.05) is 124 Å². The maximum Gasteiger partial charge on any atom is 0.0786 e. The van der Waals surface area contributed by atoms with Crippen molar-refractivity contribution in [2.75, 3.05) is 26.2 Å². The van der Waals surface area contributed by atoms with Crippen LogP contribution in [0.2, 0.25) is 0 Å². The number of halogens is 1. The second kappa shape index (κ2) is 25.5. The van der Waals surface area contributed by atoms with Crippen molar-refractivity contribution in [3.05, 3.63) is 0 Å². The van der Waals surface area contributed by atoms with E-state index < -0.39 is 0 Å². The van der Waals surface area contributed by atoms with Crippen LogP contribution in [-0.4, -0.2) is 30.7 Å². The Morgan fingerprint density at radius 1 is 0.300 bits per heavy atom. The van der Waals surface area contributed by atoms with E-state index in [1.807, 2.05) is 0 Å². The van der Waals surface area contributed by atoms with Gasteiger partial charge in [0, 0.05) is 0 Å². The third kappa shape index (κ3) is 20.2. The first-order valence-electron chi connectivity index (χ1n) is 14.1. The molecule has 0 spiro atoms. The van der Waals surface area contributed by atoms with E-state index in [4.69, 9.17) is 0 Å². The Hall–Kier alpha value is 0.250. The topological polar surface area (TPSA) is 0 Å². The normalized spacial score (nSPS) is 11.6. The fourth-order valence-electron chi connectivity index (χ4n) is 4.79. The first-order valence-corrected chi connectivity index (χ1v) is 14.1. The van der Waals surface area contributed by atoms with E-state index in [9.17, 15) is 0 Å². The molecule has 2 heteroatoms. The average molecular weight is 446 g/mol. The minimum absolute atomic E-state index is 0. The van der Waals surface area contributed by atoms with Crippen molar-refractivity contribution < 1.29 is 16.9 Å². The zero-order valence-corrected chi connectivity index (χ0v) is 22.6. The van der Waals surface area contributed by atoms with Crippen molar-refractivity contribution in [3.8, 4) is 0 Å². The highest BCUT2D eigenvalue weighted by atomic mass is 35.5. The number of hydrogen-bond donors (Lipinski definition) is 0. The summed E-state index contributed by atoms with van der Waals surface area (Å²) in [6, 6.07) is 0. The molecule has 0 saturated carbocycles. The molecule has 0 unspecified atom stereocenters. The number of hydrogen-bond acceptors (Lipinski definition) is 0. The molecule has 0 saturated heterocycles. The van der Waals surface area contributed by atoms with Gasteiger partial charge < -0.3 is 16.9 Å². The molecule has 0 rings (SSSR count). The molecular formula is C28H60ClN. The van der Waals surface area contributed by atoms with Crippen LogP contribution in [0.1, 0.15) is 156 Å². The summed E-state index contributed by atoms with van der Waals surface area (Å²) in [5.74, 6) is 0. The maximum absolute atomic E-state index is 2.36. The van der Waals surface area contributed by atoms with Crippen molar-refractivity contribution in [3.63, 3.8) is 0 Å². The molecule has 0 bridgehead atoms. The molecule has 0 radical (unpaired) electrons. The Kier molecular flexibility index (Phi) is 27.6. The molecule has 0 heterocycles. The van der Waals surface area contributed by atoms with Gasteiger partial charge >= 0.3 is 0 Å². The minimum atomic E-state index is 0. The molecule has 0 fully saturated rings. The fourth-order valence-corrected chi connectivity index (χ4v) is 4.79. The SMILES string of the molecule is CCCCCCCCCCCCCCCC[N+](CCCC)(CCCC)CCCC.[Cl-]. The van der Waals surface area contributed by atoms with Gasteiger partial charge in [-0.05, 0) is 32.1 Å². The maximum atomic E-state index is 2.36. The van der Waals surface area contributed by atoms with Gasteiger partial charge in [-0.2, -0.15) is 0 Å². The highest BCUT2D eigenvalue weighted by molar-refractivity contribution is 4.52. The lowest BCUT2D eigenvalue weighted by Crippen LogP contribution is -3.00. The Bertz CT molecular complexity index is 283. The van der Waals surface area contributed by atoms with Crippen molar-refractivity contribution >= 4 is 0 Å². The number of unbranched alkanes of at least 4 members (excludes halogenated alkanes) is 16. The summed E-state index contributed by atoms with van der Waals surface area (Å²) in [5, 5.41) is 0. The van der Waals surface area contributed by atoms with Gasteiger partial charge in [0.25, 0.3) is 0 Å². The van der Waals surface area contributed by atoms with Crippen LogP contribution in [0, 0.1) is 0 Å². The standard InChI is InChI=1S/C28H60N.ClH/c1-5-9-13-14-15-16-17-18-19-20-21-22-23-24-28-29(25-10-6-2,26-11-7-3)27-12-8-4;/h5-28H2,1-4H3;1H/q+1;/p-1. The predicted octanol–water partition coefficient (Wildman–Crippen LogP) is 6.69. The second-order valence-electron chi connectivity index (χ2n) is 9.89. The molecular weight excluding hydrogens is 386 g/mol.